The minimum Gasteiger partial charge on any atom is -0.473 e. The first-order valence-corrected chi connectivity index (χ1v) is 8.39. The Kier molecular flexibility index (Phi) is 4.40. The third-order valence-corrected chi connectivity index (χ3v) is 4.94. The van der Waals surface area contributed by atoms with Gasteiger partial charge in [0.25, 0.3) is 0 Å². The molecular weight excluding hydrogens is 325 g/mol. The Balaban J connectivity index is 1.99. The quantitative estimate of drug-likeness (QED) is 0.661. The highest BCUT2D eigenvalue weighted by Gasteiger charge is 2.55. The summed E-state index contributed by atoms with van der Waals surface area (Å²) >= 11 is 0. The molecule has 1 atom stereocenters. The zero-order valence-corrected chi connectivity index (χ0v) is 14.6. The second-order valence-electron chi connectivity index (χ2n) is 6.60. The average molecular weight is 346 g/mol. The van der Waals surface area contributed by atoms with E-state index in [0.29, 0.717) is 17.7 Å². The summed E-state index contributed by atoms with van der Waals surface area (Å²) in [5.74, 6) is 0.302. The Hall–Kier alpha value is -2.23. The Morgan fingerprint density at radius 2 is 1.72 bits per heavy atom. The molecule has 0 N–H and O–H groups in total. The molecule has 1 aliphatic heterocycles. The first-order chi connectivity index (χ1) is 11.8. The first-order valence-electron chi connectivity index (χ1n) is 8.39. The lowest BCUT2D eigenvalue weighted by molar-refractivity contribution is -0.230. The van der Waals surface area contributed by atoms with Crippen LogP contribution in [-0.2, 0) is 6.42 Å². The number of benzene rings is 2. The number of rotatable bonds is 3. The zero-order valence-electron chi connectivity index (χ0n) is 14.6. The fourth-order valence-corrected chi connectivity index (χ4v) is 3.17. The van der Waals surface area contributed by atoms with Crippen LogP contribution in [-0.4, -0.2) is 11.8 Å². The molecule has 4 heteroatoms. The van der Waals surface area contributed by atoms with Gasteiger partial charge in [-0.1, -0.05) is 37.3 Å². The molecule has 1 nitrogen and oxygen atoms in total. The molecule has 3 rings (SSSR count). The van der Waals surface area contributed by atoms with Crippen molar-refractivity contribution in [2.24, 2.45) is 0 Å². The summed E-state index contributed by atoms with van der Waals surface area (Å²) in [7, 11) is 0. The van der Waals surface area contributed by atoms with E-state index in [2.05, 4.69) is 0 Å². The Morgan fingerprint density at radius 1 is 1.00 bits per heavy atom. The van der Waals surface area contributed by atoms with Crippen molar-refractivity contribution in [3.05, 3.63) is 70.3 Å². The van der Waals surface area contributed by atoms with Crippen molar-refractivity contribution in [2.75, 3.05) is 0 Å². The molecule has 0 aliphatic carbocycles. The van der Waals surface area contributed by atoms with E-state index in [0.717, 1.165) is 22.8 Å². The first kappa shape index (κ1) is 17.6. The van der Waals surface area contributed by atoms with Crippen LogP contribution in [0.5, 0.6) is 5.75 Å². The summed E-state index contributed by atoms with van der Waals surface area (Å²) < 4.78 is 46.0. The van der Waals surface area contributed by atoms with Crippen LogP contribution in [0.2, 0.25) is 0 Å². The maximum absolute atomic E-state index is 13.5. The molecule has 0 spiro atoms. The number of aryl methyl sites for hydroxylation is 2. The summed E-state index contributed by atoms with van der Waals surface area (Å²) in [4.78, 5) is 0. The lowest BCUT2D eigenvalue weighted by atomic mass is 9.91. The Bertz CT molecular complexity index is 820. The third kappa shape index (κ3) is 3.17. The number of hydrogen-bond acceptors (Lipinski definition) is 1. The predicted molar refractivity (Wildman–Crippen MR) is 93.9 cm³/mol. The fraction of sp³-hybridized carbons (Fsp3) is 0.333. The molecule has 1 aliphatic rings. The van der Waals surface area contributed by atoms with Gasteiger partial charge in [-0.3, -0.25) is 0 Å². The van der Waals surface area contributed by atoms with Crippen molar-refractivity contribution in [3.8, 4) is 5.75 Å². The van der Waals surface area contributed by atoms with Gasteiger partial charge >= 0.3 is 6.18 Å². The molecule has 0 aromatic heterocycles. The molecule has 0 bridgehead atoms. The van der Waals surface area contributed by atoms with Crippen molar-refractivity contribution in [1.29, 1.82) is 0 Å². The zero-order chi connectivity index (χ0) is 18.2. The molecule has 2 aromatic rings. The van der Waals surface area contributed by atoms with Gasteiger partial charge in [-0.15, -0.1) is 0 Å². The van der Waals surface area contributed by atoms with E-state index in [4.69, 9.17) is 4.74 Å². The second kappa shape index (κ2) is 6.25. The minimum atomic E-state index is -4.45. The molecule has 0 fully saturated rings. The maximum Gasteiger partial charge on any atom is 0.432 e. The smallest absolute Gasteiger partial charge is 0.432 e. The second-order valence-corrected chi connectivity index (χ2v) is 6.60. The van der Waals surface area contributed by atoms with E-state index in [1.807, 2.05) is 44.2 Å². The van der Waals surface area contributed by atoms with Crippen molar-refractivity contribution in [2.45, 2.75) is 45.4 Å². The highest BCUT2D eigenvalue weighted by atomic mass is 19.4. The van der Waals surface area contributed by atoms with Crippen molar-refractivity contribution in [1.82, 2.24) is 0 Å². The van der Waals surface area contributed by atoms with Crippen molar-refractivity contribution in [3.63, 3.8) is 0 Å². The van der Waals surface area contributed by atoms with Crippen LogP contribution in [0.3, 0.4) is 0 Å². The van der Waals surface area contributed by atoms with Gasteiger partial charge in [0.15, 0.2) is 0 Å². The summed E-state index contributed by atoms with van der Waals surface area (Å²) in [6, 6.07) is 11.7. The number of ether oxygens (including phenoxy) is 1. The third-order valence-electron chi connectivity index (χ3n) is 4.94. The standard InChI is InChI=1S/C21H21F3O/c1-4-20(21(22,23)24)10-9-17-11-15(3)18(13-19(17)25-20)12-16-8-6-5-7-14(16)2/h5-11,13H,4,12H2,1-3H3. The van der Waals surface area contributed by atoms with Gasteiger partial charge in [-0.25, -0.2) is 0 Å². The molecular formula is C21H21F3O. The van der Waals surface area contributed by atoms with Gasteiger partial charge in [0.05, 0.1) is 0 Å². The van der Waals surface area contributed by atoms with Crippen molar-refractivity contribution < 1.29 is 17.9 Å². The van der Waals surface area contributed by atoms with E-state index >= 15 is 0 Å². The van der Waals surface area contributed by atoms with Crippen LogP contribution in [0.1, 0.15) is 41.2 Å². The van der Waals surface area contributed by atoms with Gasteiger partial charge in [-0.05, 0) is 67.2 Å². The van der Waals surface area contributed by atoms with E-state index < -0.39 is 11.8 Å². The van der Waals surface area contributed by atoms with Gasteiger partial charge < -0.3 is 4.74 Å². The van der Waals surface area contributed by atoms with Crippen LogP contribution < -0.4 is 4.74 Å². The van der Waals surface area contributed by atoms with Gasteiger partial charge in [0.1, 0.15) is 5.75 Å². The number of halogens is 3. The SMILES string of the molecule is CCC1(C(F)(F)F)C=Cc2cc(C)c(Cc3ccccc3C)cc2O1. The van der Waals surface area contributed by atoms with Gasteiger partial charge in [0, 0.05) is 5.56 Å². The van der Waals surface area contributed by atoms with E-state index in [1.54, 1.807) is 6.07 Å². The Labute approximate surface area is 146 Å². The fourth-order valence-electron chi connectivity index (χ4n) is 3.17. The lowest BCUT2D eigenvalue weighted by Gasteiger charge is -2.36. The van der Waals surface area contributed by atoms with Crippen LogP contribution in [0, 0.1) is 13.8 Å². The van der Waals surface area contributed by atoms with Crippen LogP contribution >= 0.6 is 0 Å². The summed E-state index contributed by atoms with van der Waals surface area (Å²) in [6.07, 6.45) is -1.27. The number of hydrogen-bond donors (Lipinski definition) is 0. The largest absolute Gasteiger partial charge is 0.473 e. The van der Waals surface area contributed by atoms with Gasteiger partial charge in [0.2, 0.25) is 5.60 Å². The summed E-state index contributed by atoms with van der Waals surface area (Å²) in [5.41, 5.74) is 2.81. The lowest BCUT2D eigenvalue weighted by Crippen LogP contribution is -2.49. The minimum absolute atomic E-state index is 0.159. The summed E-state index contributed by atoms with van der Waals surface area (Å²) in [6.45, 7) is 5.51. The van der Waals surface area contributed by atoms with E-state index in [1.165, 1.54) is 18.6 Å². The van der Waals surface area contributed by atoms with Crippen LogP contribution in [0.15, 0.2) is 42.5 Å². The Morgan fingerprint density at radius 3 is 2.36 bits per heavy atom. The van der Waals surface area contributed by atoms with Crippen LogP contribution in [0.25, 0.3) is 6.08 Å². The molecule has 0 amide bonds. The molecule has 0 saturated carbocycles. The monoisotopic (exact) mass is 346 g/mol. The maximum atomic E-state index is 13.5. The van der Waals surface area contributed by atoms with Gasteiger partial charge in [-0.2, -0.15) is 13.2 Å². The molecule has 0 saturated heterocycles. The topological polar surface area (TPSA) is 9.23 Å². The highest BCUT2D eigenvalue weighted by molar-refractivity contribution is 5.64. The van der Waals surface area contributed by atoms with Crippen LogP contribution in [0.4, 0.5) is 13.2 Å². The molecule has 25 heavy (non-hydrogen) atoms. The molecule has 1 heterocycles. The molecule has 2 aromatic carbocycles. The summed E-state index contributed by atoms with van der Waals surface area (Å²) in [5, 5.41) is 0. The normalized spacial score (nSPS) is 19.4. The van der Waals surface area contributed by atoms with Crippen molar-refractivity contribution >= 4 is 6.08 Å². The van der Waals surface area contributed by atoms with E-state index in [9.17, 15) is 13.2 Å². The number of alkyl halides is 3. The molecule has 1 unspecified atom stereocenters. The molecule has 132 valence electrons. The average Bonchev–Trinajstić information content (AvgIpc) is 2.56. The predicted octanol–water partition coefficient (Wildman–Crippen LogP) is 6.01. The highest BCUT2D eigenvalue weighted by Crippen LogP contribution is 2.43. The number of fused-ring (bicyclic) bond motifs is 1. The molecule has 0 radical (unpaired) electrons. The van der Waals surface area contributed by atoms with E-state index in [-0.39, 0.29) is 6.42 Å².